The molecule has 2 aromatic heterocycles. The molecule has 0 fully saturated rings. The molecule has 0 radical (unpaired) electrons. The van der Waals surface area contributed by atoms with Crippen LogP contribution in [0.15, 0.2) is 53.3 Å². The number of rotatable bonds is 7. The van der Waals surface area contributed by atoms with Gasteiger partial charge in [-0.1, -0.05) is 35.3 Å². The number of fused-ring (bicyclic) bond motifs is 1. The maximum Gasteiger partial charge on any atom is 0.277 e. The van der Waals surface area contributed by atoms with Crippen molar-refractivity contribution in [3.8, 4) is 0 Å². The van der Waals surface area contributed by atoms with E-state index in [1.807, 2.05) is 24.3 Å². The van der Waals surface area contributed by atoms with Crippen LogP contribution in [0.4, 0.5) is 11.6 Å². The number of anilines is 2. The quantitative estimate of drug-likeness (QED) is 0.375. The van der Waals surface area contributed by atoms with Gasteiger partial charge in [-0.2, -0.15) is 9.50 Å². The molecule has 164 valence electrons. The summed E-state index contributed by atoms with van der Waals surface area (Å²) >= 11 is 11.8. The lowest BCUT2D eigenvalue weighted by atomic mass is 10.1. The molecule has 10 heteroatoms. The van der Waals surface area contributed by atoms with E-state index in [1.54, 1.807) is 31.2 Å². The maximum absolute atomic E-state index is 12.9. The molecule has 2 aromatic carbocycles. The molecule has 0 aliphatic rings. The van der Waals surface area contributed by atoms with Crippen LogP contribution < -0.4 is 16.2 Å². The van der Waals surface area contributed by atoms with Crippen LogP contribution in [0.5, 0.6) is 0 Å². The molecule has 4 rings (SSSR count). The van der Waals surface area contributed by atoms with Crippen LogP contribution in [0.2, 0.25) is 10.0 Å². The Balaban J connectivity index is 1.45. The largest absolute Gasteiger partial charge is 0.351 e. The normalized spacial score (nSPS) is 11.0. The topological polar surface area (TPSA) is 104 Å². The van der Waals surface area contributed by atoms with Gasteiger partial charge in [0.25, 0.3) is 11.3 Å². The predicted octanol–water partition coefficient (Wildman–Crippen LogP) is 4.22. The molecule has 0 saturated heterocycles. The minimum Gasteiger partial charge on any atom is -0.351 e. The molecule has 3 N–H and O–H groups in total. The summed E-state index contributed by atoms with van der Waals surface area (Å²) < 4.78 is 1.28. The van der Waals surface area contributed by atoms with Crippen LogP contribution in [0.25, 0.3) is 5.78 Å². The van der Waals surface area contributed by atoms with Gasteiger partial charge < -0.3 is 10.6 Å². The van der Waals surface area contributed by atoms with Gasteiger partial charge in [0.05, 0.1) is 5.69 Å². The van der Waals surface area contributed by atoms with Crippen LogP contribution in [-0.2, 0) is 17.8 Å². The zero-order valence-electron chi connectivity index (χ0n) is 17.2. The molecule has 1 amide bonds. The van der Waals surface area contributed by atoms with Gasteiger partial charge >= 0.3 is 0 Å². The second-order valence-corrected chi connectivity index (χ2v) is 8.10. The summed E-state index contributed by atoms with van der Waals surface area (Å²) in [5.74, 6) is 0.480. The standard InChI is InChI=1S/C22H20Cl2N6O2/c1-13-18(10-11-19(31)27-17-8-6-16(24)7-9-17)20(32)30-22(26-13)28-21(29-30)25-12-14-2-4-15(23)5-3-14/h2-9H,10-12H2,1H3,(H,27,31)(H2,25,26,28,29). The van der Waals surface area contributed by atoms with E-state index < -0.39 is 0 Å². The fourth-order valence-corrected chi connectivity index (χ4v) is 3.46. The Labute approximate surface area is 193 Å². The molecule has 0 aliphatic heterocycles. The summed E-state index contributed by atoms with van der Waals surface area (Å²) in [5, 5.41) is 10.1. The number of hydrogen-bond donors (Lipinski definition) is 3. The van der Waals surface area contributed by atoms with Crippen LogP contribution in [0, 0.1) is 6.92 Å². The number of aromatic amines is 1. The van der Waals surface area contributed by atoms with Crippen LogP contribution >= 0.6 is 23.2 Å². The fourth-order valence-electron chi connectivity index (χ4n) is 3.20. The van der Waals surface area contributed by atoms with Gasteiger partial charge in [-0.3, -0.25) is 14.7 Å². The summed E-state index contributed by atoms with van der Waals surface area (Å²) in [5.41, 5.74) is 2.38. The van der Waals surface area contributed by atoms with Crippen molar-refractivity contribution >= 4 is 46.5 Å². The summed E-state index contributed by atoms with van der Waals surface area (Å²) in [6.07, 6.45) is 0.398. The molecule has 0 unspecified atom stereocenters. The third-order valence-corrected chi connectivity index (χ3v) is 5.40. The van der Waals surface area contributed by atoms with E-state index in [0.29, 0.717) is 39.5 Å². The highest BCUT2D eigenvalue weighted by Crippen LogP contribution is 2.15. The molecule has 8 nitrogen and oxygen atoms in total. The smallest absolute Gasteiger partial charge is 0.277 e. The number of benzene rings is 2. The summed E-state index contributed by atoms with van der Waals surface area (Å²) in [7, 11) is 0. The average molecular weight is 471 g/mol. The molecule has 0 spiro atoms. The Hall–Kier alpha value is -3.36. The van der Waals surface area contributed by atoms with Crippen molar-refractivity contribution in [1.29, 1.82) is 0 Å². The first-order valence-electron chi connectivity index (χ1n) is 9.91. The lowest BCUT2D eigenvalue weighted by molar-refractivity contribution is -0.116. The number of hydrogen-bond acceptors (Lipinski definition) is 5. The number of H-pyrrole nitrogens is 1. The highest BCUT2D eigenvalue weighted by Gasteiger charge is 2.15. The molecular weight excluding hydrogens is 451 g/mol. The van der Waals surface area contributed by atoms with Crippen molar-refractivity contribution in [2.75, 3.05) is 10.6 Å². The SMILES string of the molecule is Cc1nc2nc(NCc3ccc(Cl)cc3)[nH]n2c(=O)c1CCC(=O)Nc1ccc(Cl)cc1. The number of halogens is 2. The average Bonchev–Trinajstić information content (AvgIpc) is 3.18. The number of carbonyl (C=O) groups excluding carboxylic acids is 1. The minimum absolute atomic E-state index is 0.141. The van der Waals surface area contributed by atoms with Gasteiger partial charge in [-0.25, -0.2) is 4.98 Å². The molecule has 2 heterocycles. The second-order valence-electron chi connectivity index (χ2n) is 7.22. The Kier molecular flexibility index (Phi) is 6.43. The Morgan fingerprint density at radius 2 is 1.69 bits per heavy atom. The van der Waals surface area contributed by atoms with Gasteiger partial charge in [0, 0.05) is 34.3 Å². The highest BCUT2D eigenvalue weighted by atomic mass is 35.5. The van der Waals surface area contributed by atoms with E-state index in [0.717, 1.165) is 5.56 Å². The van der Waals surface area contributed by atoms with E-state index in [1.165, 1.54) is 4.52 Å². The van der Waals surface area contributed by atoms with Gasteiger partial charge in [0.2, 0.25) is 11.9 Å². The summed E-state index contributed by atoms with van der Waals surface area (Å²) in [4.78, 5) is 34.0. The molecule has 0 saturated carbocycles. The second kappa shape index (κ2) is 9.42. The zero-order chi connectivity index (χ0) is 22.7. The molecule has 0 atom stereocenters. The van der Waals surface area contributed by atoms with E-state index in [-0.39, 0.29) is 30.1 Å². The number of amides is 1. The number of aromatic nitrogens is 4. The Morgan fingerprint density at radius 1 is 1.03 bits per heavy atom. The summed E-state index contributed by atoms with van der Waals surface area (Å²) in [6, 6.07) is 14.3. The van der Waals surface area contributed by atoms with Crippen LogP contribution in [0.3, 0.4) is 0 Å². The van der Waals surface area contributed by atoms with Gasteiger partial charge in [-0.15, -0.1) is 0 Å². The van der Waals surface area contributed by atoms with E-state index in [9.17, 15) is 9.59 Å². The van der Waals surface area contributed by atoms with E-state index in [4.69, 9.17) is 23.2 Å². The number of nitrogens with zero attached hydrogens (tertiary/aromatic N) is 3. The third-order valence-electron chi connectivity index (χ3n) is 4.90. The van der Waals surface area contributed by atoms with E-state index in [2.05, 4.69) is 25.7 Å². The molecule has 4 aromatic rings. The maximum atomic E-state index is 12.9. The third kappa shape index (κ3) is 5.09. The van der Waals surface area contributed by atoms with Crippen molar-refractivity contribution in [2.45, 2.75) is 26.3 Å². The van der Waals surface area contributed by atoms with Gasteiger partial charge in [-0.05, 0) is 55.3 Å². The van der Waals surface area contributed by atoms with E-state index >= 15 is 0 Å². The van der Waals surface area contributed by atoms with Crippen molar-refractivity contribution in [3.05, 3.63) is 85.8 Å². The zero-order valence-corrected chi connectivity index (χ0v) is 18.7. The Morgan fingerprint density at radius 3 is 2.38 bits per heavy atom. The number of nitrogens with one attached hydrogen (secondary N) is 3. The Bertz CT molecular complexity index is 1310. The van der Waals surface area contributed by atoms with Gasteiger partial charge in [0.15, 0.2) is 0 Å². The van der Waals surface area contributed by atoms with Crippen molar-refractivity contribution in [3.63, 3.8) is 0 Å². The number of aryl methyl sites for hydroxylation is 1. The van der Waals surface area contributed by atoms with Crippen molar-refractivity contribution < 1.29 is 4.79 Å². The van der Waals surface area contributed by atoms with Crippen LogP contribution in [-0.4, -0.2) is 25.5 Å². The lowest BCUT2D eigenvalue weighted by Gasteiger charge is -2.07. The minimum atomic E-state index is -0.279. The fraction of sp³-hybridized carbons (Fsp3) is 0.182. The first-order chi connectivity index (χ1) is 15.4. The molecule has 0 aliphatic carbocycles. The summed E-state index contributed by atoms with van der Waals surface area (Å²) in [6.45, 7) is 2.24. The molecular formula is C22H20Cl2N6O2. The predicted molar refractivity (Wildman–Crippen MR) is 126 cm³/mol. The first-order valence-corrected chi connectivity index (χ1v) is 10.7. The lowest BCUT2D eigenvalue weighted by Crippen LogP contribution is -2.23. The van der Waals surface area contributed by atoms with Crippen LogP contribution in [0.1, 0.15) is 23.2 Å². The highest BCUT2D eigenvalue weighted by molar-refractivity contribution is 6.30. The van der Waals surface area contributed by atoms with Crippen molar-refractivity contribution in [1.82, 2.24) is 19.6 Å². The van der Waals surface area contributed by atoms with Crippen molar-refractivity contribution in [2.24, 2.45) is 0 Å². The molecule has 32 heavy (non-hydrogen) atoms. The van der Waals surface area contributed by atoms with Gasteiger partial charge in [0.1, 0.15) is 0 Å². The monoisotopic (exact) mass is 470 g/mol. The molecule has 0 bridgehead atoms. The number of carbonyl (C=O) groups is 1. The first kappa shape index (κ1) is 21.9.